The highest BCUT2D eigenvalue weighted by atomic mass is 32.2. The molecular formula is C13H16N2O4S. The summed E-state index contributed by atoms with van der Waals surface area (Å²) in [6.45, 7) is 1.73. The van der Waals surface area contributed by atoms with Crippen molar-refractivity contribution in [2.45, 2.75) is 13.3 Å². The lowest BCUT2D eigenvalue weighted by molar-refractivity contribution is -0.116. The summed E-state index contributed by atoms with van der Waals surface area (Å²) in [7, 11) is 0. The first kappa shape index (κ1) is 16.0. The van der Waals surface area contributed by atoms with Gasteiger partial charge in [0.05, 0.1) is 11.3 Å². The Labute approximate surface area is 120 Å². The number of aryl methyl sites for hydroxylation is 1. The minimum absolute atomic E-state index is 0.178. The molecule has 7 heteroatoms. The zero-order valence-electron chi connectivity index (χ0n) is 11.0. The monoisotopic (exact) mass is 296 g/mol. The number of hydrogen-bond acceptors (Lipinski definition) is 4. The first-order valence-corrected chi connectivity index (χ1v) is 7.05. The number of nitrogens with one attached hydrogen (secondary N) is 1. The van der Waals surface area contributed by atoms with Gasteiger partial charge in [0.1, 0.15) is 0 Å². The van der Waals surface area contributed by atoms with Crippen LogP contribution in [0.4, 0.5) is 5.69 Å². The second-order valence-electron chi connectivity index (χ2n) is 4.15. The van der Waals surface area contributed by atoms with Crippen LogP contribution in [-0.4, -0.2) is 34.4 Å². The Morgan fingerprint density at radius 2 is 2.05 bits per heavy atom. The molecule has 0 radical (unpaired) electrons. The number of carbonyl (C=O) groups excluding carboxylic acids is 2. The molecule has 20 heavy (non-hydrogen) atoms. The number of amides is 2. The maximum Gasteiger partial charge on any atom is 0.335 e. The van der Waals surface area contributed by atoms with E-state index in [4.69, 9.17) is 10.8 Å². The smallest absolute Gasteiger partial charge is 0.335 e. The standard InChI is InChI=1S/C13H16N2O4S/c1-8-6-9(13(18)19)2-3-10(8)15-12(17)4-5-20-7-11(14)16/h2-3,6H,4-5,7H2,1H3,(H2,14,16)(H,15,17)(H,18,19). The molecule has 0 aliphatic carbocycles. The van der Waals surface area contributed by atoms with Gasteiger partial charge in [-0.25, -0.2) is 4.79 Å². The Hall–Kier alpha value is -2.02. The van der Waals surface area contributed by atoms with Crippen LogP contribution in [0.2, 0.25) is 0 Å². The molecule has 0 spiro atoms. The van der Waals surface area contributed by atoms with Crippen LogP contribution in [-0.2, 0) is 9.59 Å². The summed E-state index contributed by atoms with van der Waals surface area (Å²) in [6, 6.07) is 4.50. The molecule has 0 saturated carbocycles. The van der Waals surface area contributed by atoms with E-state index in [1.165, 1.54) is 23.9 Å². The van der Waals surface area contributed by atoms with Gasteiger partial charge in [0.25, 0.3) is 0 Å². The first-order valence-electron chi connectivity index (χ1n) is 5.90. The van der Waals surface area contributed by atoms with Crippen LogP contribution in [0.3, 0.4) is 0 Å². The number of thioether (sulfide) groups is 1. The Morgan fingerprint density at radius 3 is 2.60 bits per heavy atom. The zero-order chi connectivity index (χ0) is 15.1. The number of carboxylic acids is 1. The number of nitrogens with two attached hydrogens (primary N) is 1. The van der Waals surface area contributed by atoms with Crippen molar-refractivity contribution in [1.29, 1.82) is 0 Å². The fraction of sp³-hybridized carbons (Fsp3) is 0.308. The highest BCUT2D eigenvalue weighted by Gasteiger charge is 2.08. The summed E-state index contributed by atoms with van der Waals surface area (Å²) in [5.74, 6) is -0.904. The van der Waals surface area contributed by atoms with Crippen molar-refractivity contribution in [3.05, 3.63) is 29.3 Å². The Bertz CT molecular complexity index is 531. The molecule has 4 N–H and O–H groups in total. The van der Waals surface area contributed by atoms with Gasteiger partial charge in [-0.1, -0.05) is 0 Å². The van der Waals surface area contributed by atoms with Gasteiger partial charge in [-0.15, -0.1) is 0 Å². The average molecular weight is 296 g/mol. The molecule has 2 amide bonds. The molecule has 0 saturated heterocycles. The normalized spacial score (nSPS) is 10.1. The maximum atomic E-state index is 11.7. The van der Waals surface area contributed by atoms with Crippen LogP contribution >= 0.6 is 11.8 Å². The van der Waals surface area contributed by atoms with Crippen molar-refractivity contribution >= 4 is 35.2 Å². The van der Waals surface area contributed by atoms with E-state index in [1.807, 2.05) is 0 Å². The predicted octanol–water partition coefficient (Wildman–Crippen LogP) is 1.24. The summed E-state index contributed by atoms with van der Waals surface area (Å²) in [6.07, 6.45) is 0.262. The quantitative estimate of drug-likeness (QED) is 0.656. The lowest BCUT2D eigenvalue weighted by Crippen LogP contribution is -2.16. The summed E-state index contributed by atoms with van der Waals surface area (Å²) in [5.41, 5.74) is 6.43. The van der Waals surface area contributed by atoms with E-state index in [1.54, 1.807) is 13.0 Å². The number of carboxylic acid groups (broad SMARTS) is 1. The van der Waals surface area contributed by atoms with Gasteiger partial charge < -0.3 is 16.2 Å². The third-order valence-corrected chi connectivity index (χ3v) is 3.45. The molecule has 1 aromatic carbocycles. The SMILES string of the molecule is Cc1cc(C(=O)O)ccc1NC(=O)CCSCC(N)=O. The number of carbonyl (C=O) groups is 3. The van der Waals surface area contributed by atoms with E-state index in [-0.39, 0.29) is 23.6 Å². The number of aromatic carboxylic acids is 1. The molecule has 0 atom stereocenters. The molecule has 108 valence electrons. The Morgan fingerprint density at radius 1 is 1.35 bits per heavy atom. The van der Waals surface area contributed by atoms with Crippen molar-refractivity contribution in [2.24, 2.45) is 5.73 Å². The van der Waals surface area contributed by atoms with Crippen molar-refractivity contribution in [3.8, 4) is 0 Å². The minimum atomic E-state index is -1.01. The third-order valence-electron chi connectivity index (χ3n) is 2.47. The molecule has 1 aromatic rings. The molecule has 0 heterocycles. The first-order chi connectivity index (χ1) is 9.40. The molecule has 0 bridgehead atoms. The number of anilines is 1. The maximum absolute atomic E-state index is 11.7. The van der Waals surface area contributed by atoms with Gasteiger partial charge in [-0.3, -0.25) is 9.59 Å². The largest absolute Gasteiger partial charge is 0.478 e. The lowest BCUT2D eigenvalue weighted by Gasteiger charge is -2.09. The van der Waals surface area contributed by atoms with Gasteiger partial charge in [0.2, 0.25) is 11.8 Å². The third kappa shape index (κ3) is 5.31. The lowest BCUT2D eigenvalue weighted by atomic mass is 10.1. The predicted molar refractivity (Wildman–Crippen MR) is 77.9 cm³/mol. The van der Waals surface area contributed by atoms with Gasteiger partial charge in [-0.05, 0) is 30.7 Å². The Kier molecular flexibility index (Phi) is 6.05. The number of primary amides is 1. The highest BCUT2D eigenvalue weighted by molar-refractivity contribution is 7.99. The summed E-state index contributed by atoms with van der Waals surface area (Å²) in [5, 5.41) is 11.5. The van der Waals surface area contributed by atoms with E-state index < -0.39 is 11.9 Å². The van der Waals surface area contributed by atoms with E-state index >= 15 is 0 Å². The molecule has 0 aromatic heterocycles. The highest BCUT2D eigenvalue weighted by Crippen LogP contribution is 2.17. The van der Waals surface area contributed by atoms with Crippen molar-refractivity contribution < 1.29 is 19.5 Å². The van der Waals surface area contributed by atoms with E-state index in [0.29, 0.717) is 17.0 Å². The second-order valence-corrected chi connectivity index (χ2v) is 5.26. The van der Waals surface area contributed by atoms with E-state index in [2.05, 4.69) is 5.32 Å². The van der Waals surface area contributed by atoms with Gasteiger partial charge >= 0.3 is 5.97 Å². The van der Waals surface area contributed by atoms with Crippen molar-refractivity contribution in [3.63, 3.8) is 0 Å². The zero-order valence-corrected chi connectivity index (χ0v) is 11.8. The summed E-state index contributed by atoms with van der Waals surface area (Å²) in [4.78, 5) is 33.0. The molecule has 6 nitrogen and oxygen atoms in total. The van der Waals surface area contributed by atoms with Crippen LogP contribution in [0, 0.1) is 6.92 Å². The topological polar surface area (TPSA) is 109 Å². The molecule has 1 rings (SSSR count). The number of rotatable bonds is 7. The van der Waals surface area contributed by atoms with Crippen LogP contribution in [0.15, 0.2) is 18.2 Å². The molecule has 0 aliphatic heterocycles. The van der Waals surface area contributed by atoms with Crippen molar-refractivity contribution in [1.82, 2.24) is 0 Å². The number of hydrogen-bond donors (Lipinski definition) is 3. The van der Waals surface area contributed by atoms with Crippen LogP contribution in [0.5, 0.6) is 0 Å². The van der Waals surface area contributed by atoms with Crippen molar-refractivity contribution in [2.75, 3.05) is 16.8 Å². The van der Waals surface area contributed by atoms with Crippen LogP contribution in [0.25, 0.3) is 0 Å². The molecule has 0 aliphatic rings. The van der Waals surface area contributed by atoms with Gasteiger partial charge in [-0.2, -0.15) is 11.8 Å². The molecular weight excluding hydrogens is 280 g/mol. The molecule has 0 fully saturated rings. The summed E-state index contributed by atoms with van der Waals surface area (Å²) >= 11 is 1.30. The van der Waals surface area contributed by atoms with Crippen LogP contribution < -0.4 is 11.1 Å². The fourth-order valence-electron chi connectivity index (χ4n) is 1.49. The number of benzene rings is 1. The van der Waals surface area contributed by atoms with E-state index in [0.717, 1.165) is 0 Å². The van der Waals surface area contributed by atoms with Gasteiger partial charge in [0, 0.05) is 17.9 Å². The second kappa shape index (κ2) is 7.54. The summed E-state index contributed by atoms with van der Waals surface area (Å²) < 4.78 is 0. The fourth-order valence-corrected chi connectivity index (χ4v) is 2.16. The minimum Gasteiger partial charge on any atom is -0.478 e. The van der Waals surface area contributed by atoms with Gasteiger partial charge in [0.15, 0.2) is 0 Å². The molecule has 0 unspecified atom stereocenters. The van der Waals surface area contributed by atoms with E-state index in [9.17, 15) is 14.4 Å². The average Bonchev–Trinajstić information content (AvgIpc) is 2.36. The van der Waals surface area contributed by atoms with Crippen LogP contribution in [0.1, 0.15) is 22.3 Å². The Balaban J connectivity index is 2.50.